The average molecular weight is 492 g/mol. The molecule has 1 saturated heterocycles. The van der Waals surface area contributed by atoms with E-state index in [0.717, 1.165) is 40.2 Å². The van der Waals surface area contributed by atoms with Gasteiger partial charge in [-0.2, -0.15) is 9.97 Å². The molecule has 4 heterocycles. The number of aliphatic hydroxyl groups is 1. The maximum atomic E-state index is 11.4. The maximum absolute atomic E-state index is 11.4. The molecule has 3 aromatic heterocycles. The van der Waals surface area contributed by atoms with Crippen molar-refractivity contribution in [2.45, 2.75) is 51.0 Å². The van der Waals surface area contributed by atoms with Gasteiger partial charge in [0.05, 0.1) is 4.88 Å². The highest BCUT2D eigenvalue weighted by molar-refractivity contribution is 7.15. The molecule has 6 rings (SSSR count). The Morgan fingerprint density at radius 2 is 1.97 bits per heavy atom. The summed E-state index contributed by atoms with van der Waals surface area (Å²) in [5.41, 5.74) is 3.45. The summed E-state index contributed by atoms with van der Waals surface area (Å²) in [7, 11) is 0. The van der Waals surface area contributed by atoms with Crippen LogP contribution in [0.25, 0.3) is 10.4 Å². The second-order valence-electron chi connectivity index (χ2n) is 9.79. The molecule has 2 fully saturated rings. The van der Waals surface area contributed by atoms with Crippen molar-refractivity contribution in [1.82, 2.24) is 29.6 Å². The number of aromatic nitrogens is 5. The van der Waals surface area contributed by atoms with Crippen LogP contribution in [0.1, 0.15) is 53.7 Å². The molecule has 2 aliphatic rings. The number of H-pyrrole nitrogens is 1. The van der Waals surface area contributed by atoms with Gasteiger partial charge in [-0.1, -0.05) is 11.2 Å². The molecule has 2 N–H and O–H groups in total. The lowest BCUT2D eigenvalue weighted by molar-refractivity contribution is -0.00665. The van der Waals surface area contributed by atoms with Gasteiger partial charge < -0.3 is 5.11 Å². The number of hydrogen-bond donors (Lipinski definition) is 2. The summed E-state index contributed by atoms with van der Waals surface area (Å²) in [5.74, 6) is 0.945. The van der Waals surface area contributed by atoms with Gasteiger partial charge >= 0.3 is 11.7 Å². The summed E-state index contributed by atoms with van der Waals surface area (Å²) in [4.78, 5) is 28.9. The molecule has 0 spiro atoms. The number of nitrogens with zero attached hydrogens (tertiary/aromatic N) is 5. The first kappa shape index (κ1) is 22.3. The highest BCUT2D eigenvalue weighted by atomic mass is 32.1. The lowest BCUT2D eigenvalue weighted by atomic mass is 9.79. The summed E-state index contributed by atoms with van der Waals surface area (Å²) in [6.07, 6.45) is 6.23. The Bertz CT molecular complexity index is 1450. The number of quaternary nitrogens is 1. The number of rotatable bonds is 5. The van der Waals surface area contributed by atoms with Crippen molar-refractivity contribution in [2.24, 2.45) is 0 Å². The third-order valence-corrected chi connectivity index (χ3v) is 8.48. The van der Waals surface area contributed by atoms with E-state index in [1.807, 2.05) is 25.4 Å². The van der Waals surface area contributed by atoms with Gasteiger partial charge in [-0.05, 0) is 56.7 Å². The zero-order valence-electron chi connectivity index (χ0n) is 19.7. The van der Waals surface area contributed by atoms with Crippen LogP contribution in [0.5, 0.6) is 0 Å². The molecule has 1 saturated carbocycles. The third kappa shape index (κ3) is 4.01. The second kappa shape index (κ2) is 8.18. The predicted molar refractivity (Wildman–Crippen MR) is 132 cm³/mol. The Kier molecular flexibility index (Phi) is 5.21. The molecular formula is C25H27N6O3S+. The normalized spacial score (nSPS) is 23.3. The zero-order valence-corrected chi connectivity index (χ0v) is 20.5. The molecule has 10 heteroatoms. The van der Waals surface area contributed by atoms with Crippen LogP contribution in [0.3, 0.4) is 0 Å². The smallest absolute Gasteiger partial charge is 0.383 e. The fraction of sp³-hybridized carbons (Fsp3) is 0.400. The summed E-state index contributed by atoms with van der Waals surface area (Å²) in [6, 6.07) is 8.52. The van der Waals surface area contributed by atoms with Crippen LogP contribution in [0, 0.1) is 13.8 Å². The monoisotopic (exact) mass is 491 g/mol. The van der Waals surface area contributed by atoms with Crippen molar-refractivity contribution in [3.8, 4) is 10.4 Å². The van der Waals surface area contributed by atoms with E-state index in [-0.39, 0.29) is 5.92 Å². The van der Waals surface area contributed by atoms with Crippen LogP contribution < -0.4 is 10.2 Å². The van der Waals surface area contributed by atoms with Gasteiger partial charge in [0.2, 0.25) is 0 Å². The van der Waals surface area contributed by atoms with Gasteiger partial charge in [0.1, 0.15) is 29.4 Å². The molecule has 0 amide bonds. The van der Waals surface area contributed by atoms with Gasteiger partial charge in [0.25, 0.3) is 0 Å². The summed E-state index contributed by atoms with van der Waals surface area (Å²) >= 11 is 1.55. The molecular weight excluding hydrogens is 464 g/mol. The van der Waals surface area contributed by atoms with E-state index in [1.54, 1.807) is 11.3 Å². The molecule has 1 aromatic carbocycles. The van der Waals surface area contributed by atoms with Gasteiger partial charge in [-0.25, -0.2) is 14.3 Å². The van der Waals surface area contributed by atoms with Crippen LogP contribution in [-0.4, -0.2) is 43.3 Å². The topological polar surface area (TPSA) is 118 Å². The van der Waals surface area contributed by atoms with Crippen molar-refractivity contribution < 1.29 is 9.63 Å². The molecule has 0 atom stereocenters. The quantitative estimate of drug-likeness (QED) is 0.319. The fourth-order valence-corrected chi connectivity index (χ4v) is 6.14. The largest absolute Gasteiger partial charge is 0.438 e. The number of nitrogens with one attached hydrogen (secondary N) is 1. The lowest BCUT2D eigenvalue weighted by Gasteiger charge is -2.33. The summed E-state index contributed by atoms with van der Waals surface area (Å²) in [6.45, 7) is 6.07. The van der Waals surface area contributed by atoms with E-state index in [9.17, 15) is 9.90 Å². The fourth-order valence-electron chi connectivity index (χ4n) is 5.09. The van der Waals surface area contributed by atoms with Crippen LogP contribution in [0.2, 0.25) is 0 Å². The SMILES string of the molecule is Cc1cc(-c2cnc(C3(O)CCC(c4noc(=O)[nH]4)CC3)s2)cc([N+]2(c3nccc(C)n3)CC2)c1. The minimum absolute atomic E-state index is 0.0804. The number of hydrogen-bond acceptors (Lipinski definition) is 8. The van der Waals surface area contributed by atoms with E-state index in [2.05, 4.69) is 49.8 Å². The number of thiazole rings is 1. The Hall–Kier alpha value is -3.21. The first-order valence-electron chi connectivity index (χ1n) is 11.9. The van der Waals surface area contributed by atoms with Gasteiger partial charge in [0.15, 0.2) is 5.82 Å². The lowest BCUT2D eigenvalue weighted by Crippen LogP contribution is -2.31. The number of benzene rings is 1. The van der Waals surface area contributed by atoms with E-state index in [0.29, 0.717) is 36.0 Å². The maximum Gasteiger partial charge on any atom is 0.438 e. The van der Waals surface area contributed by atoms with Crippen molar-refractivity contribution in [3.05, 3.63) is 69.3 Å². The second-order valence-corrected chi connectivity index (χ2v) is 10.8. The molecule has 1 aliphatic heterocycles. The minimum atomic E-state index is -0.973. The molecule has 35 heavy (non-hydrogen) atoms. The molecule has 0 unspecified atom stereocenters. The third-order valence-electron chi connectivity index (χ3n) is 7.24. The van der Waals surface area contributed by atoms with E-state index in [1.165, 1.54) is 11.3 Å². The van der Waals surface area contributed by atoms with Gasteiger partial charge in [-0.15, -0.1) is 11.3 Å². The van der Waals surface area contributed by atoms with Crippen molar-refractivity contribution >= 4 is 23.0 Å². The standard InChI is InChI=1S/C25H26N6O3S/c1-15-11-18(13-19(12-15)31(9-10-31)23-26-8-5-16(2)28-23)20-14-27-22(35-20)25(33)6-3-17(4-7-25)21-29-24(32)34-30-21/h5,8,11-14,17,33H,3-4,6-7,9-10H2,1-2H3/p+1. The first-order valence-corrected chi connectivity index (χ1v) is 12.7. The van der Waals surface area contributed by atoms with E-state index in [4.69, 9.17) is 4.98 Å². The molecule has 9 nitrogen and oxygen atoms in total. The molecule has 1 aliphatic carbocycles. The van der Waals surface area contributed by atoms with Crippen molar-refractivity contribution in [3.63, 3.8) is 0 Å². The highest BCUT2D eigenvalue weighted by Gasteiger charge is 2.50. The summed E-state index contributed by atoms with van der Waals surface area (Å²) < 4.78 is 5.31. The molecule has 0 bridgehead atoms. The highest BCUT2D eigenvalue weighted by Crippen LogP contribution is 2.46. The van der Waals surface area contributed by atoms with Gasteiger partial charge in [-0.3, -0.25) is 9.51 Å². The Morgan fingerprint density at radius 3 is 2.66 bits per heavy atom. The van der Waals surface area contributed by atoms with Crippen LogP contribution in [-0.2, 0) is 5.60 Å². The zero-order chi connectivity index (χ0) is 24.2. The Labute approximate surface area is 206 Å². The molecule has 4 aromatic rings. The predicted octanol–water partition coefficient (Wildman–Crippen LogP) is 4.09. The first-order chi connectivity index (χ1) is 16.8. The van der Waals surface area contributed by atoms with Crippen molar-refractivity contribution in [2.75, 3.05) is 13.1 Å². The van der Waals surface area contributed by atoms with Crippen molar-refractivity contribution in [1.29, 1.82) is 0 Å². The average Bonchev–Trinajstić information content (AvgIpc) is 3.28. The molecule has 0 radical (unpaired) electrons. The summed E-state index contributed by atoms with van der Waals surface area (Å²) in [5, 5.41) is 16.0. The van der Waals surface area contributed by atoms with Crippen LogP contribution >= 0.6 is 11.3 Å². The van der Waals surface area contributed by atoms with Gasteiger partial charge in [0, 0.05) is 36.1 Å². The van der Waals surface area contributed by atoms with E-state index >= 15 is 0 Å². The Balaban J connectivity index is 1.26. The number of aryl methyl sites for hydroxylation is 2. The van der Waals surface area contributed by atoms with E-state index < -0.39 is 11.4 Å². The number of aromatic amines is 1. The minimum Gasteiger partial charge on any atom is -0.383 e. The van der Waals surface area contributed by atoms with Crippen LogP contribution in [0.15, 0.2) is 46.0 Å². The Morgan fingerprint density at radius 1 is 1.17 bits per heavy atom. The van der Waals surface area contributed by atoms with Crippen LogP contribution in [0.4, 0.5) is 11.6 Å². The molecule has 180 valence electrons.